The molecule has 0 saturated carbocycles. The molecule has 25 heavy (non-hydrogen) atoms. The smallest absolute Gasteiger partial charge is 0.194 e. The van der Waals surface area contributed by atoms with Crippen LogP contribution in [-0.2, 0) is 26.6 Å². The predicted octanol–water partition coefficient (Wildman–Crippen LogP) is 1.58. The molecule has 0 spiro atoms. The van der Waals surface area contributed by atoms with E-state index in [2.05, 4.69) is 68.9 Å². The third-order valence-electron chi connectivity index (χ3n) is 4.88. The fourth-order valence-electron chi connectivity index (χ4n) is 3.34. The van der Waals surface area contributed by atoms with Crippen molar-refractivity contribution in [2.45, 2.75) is 39.8 Å². The third-order valence-corrected chi connectivity index (χ3v) is 4.88. The van der Waals surface area contributed by atoms with E-state index in [-0.39, 0.29) is 0 Å². The molecule has 3 rings (SSSR count). The standard InChI is InChI=1S/C18H29N7/c1-5-19-18(24(4)13-16-7-6-10-23(16)3)20-11-15-8-9-17-22-21-14(2)25(17)12-15/h6-7,10,15H,5,8-9,11-13H2,1-4H3,(H,19,20). The van der Waals surface area contributed by atoms with E-state index in [4.69, 9.17) is 4.99 Å². The van der Waals surface area contributed by atoms with Gasteiger partial charge in [0.15, 0.2) is 5.96 Å². The van der Waals surface area contributed by atoms with Crippen molar-refractivity contribution in [1.29, 1.82) is 0 Å². The second-order valence-corrected chi connectivity index (χ2v) is 6.84. The Morgan fingerprint density at radius 1 is 1.44 bits per heavy atom. The number of nitrogens with one attached hydrogen (secondary N) is 1. The van der Waals surface area contributed by atoms with E-state index in [1.54, 1.807) is 0 Å². The number of fused-ring (bicyclic) bond motifs is 1. The summed E-state index contributed by atoms with van der Waals surface area (Å²) in [6.45, 7) is 7.65. The van der Waals surface area contributed by atoms with Crippen molar-refractivity contribution in [3.8, 4) is 0 Å². The molecule has 0 fully saturated rings. The molecule has 1 unspecified atom stereocenters. The highest BCUT2D eigenvalue weighted by molar-refractivity contribution is 5.79. The summed E-state index contributed by atoms with van der Waals surface area (Å²) in [5.74, 6) is 3.64. The van der Waals surface area contributed by atoms with Gasteiger partial charge >= 0.3 is 0 Å². The van der Waals surface area contributed by atoms with Crippen molar-refractivity contribution in [3.63, 3.8) is 0 Å². The molecule has 2 aromatic heterocycles. The molecule has 7 heteroatoms. The van der Waals surface area contributed by atoms with Gasteiger partial charge in [0.1, 0.15) is 11.6 Å². The minimum atomic E-state index is 0.541. The van der Waals surface area contributed by atoms with Gasteiger partial charge in [0.05, 0.1) is 6.54 Å². The van der Waals surface area contributed by atoms with E-state index in [1.165, 1.54) is 5.69 Å². The summed E-state index contributed by atoms with van der Waals surface area (Å²) in [6.07, 6.45) is 4.20. The Morgan fingerprint density at radius 3 is 3.00 bits per heavy atom. The van der Waals surface area contributed by atoms with Gasteiger partial charge in [-0.15, -0.1) is 10.2 Å². The molecule has 2 aromatic rings. The number of aryl methyl sites for hydroxylation is 3. The lowest BCUT2D eigenvalue weighted by Gasteiger charge is -2.25. The Labute approximate surface area is 149 Å². The first-order chi connectivity index (χ1) is 12.1. The monoisotopic (exact) mass is 343 g/mol. The SMILES string of the molecule is CCNC(=NCC1CCc2nnc(C)n2C1)N(C)Cc1cccn1C. The van der Waals surface area contributed by atoms with Gasteiger partial charge in [-0.1, -0.05) is 0 Å². The van der Waals surface area contributed by atoms with Crippen molar-refractivity contribution in [3.05, 3.63) is 35.7 Å². The van der Waals surface area contributed by atoms with Crippen LogP contribution >= 0.6 is 0 Å². The average molecular weight is 343 g/mol. The maximum Gasteiger partial charge on any atom is 0.194 e. The zero-order valence-electron chi connectivity index (χ0n) is 15.7. The number of guanidine groups is 1. The molecule has 1 aliphatic rings. The van der Waals surface area contributed by atoms with E-state index in [9.17, 15) is 0 Å². The summed E-state index contributed by atoms with van der Waals surface area (Å²) in [6, 6.07) is 4.23. The first-order valence-corrected chi connectivity index (χ1v) is 9.06. The van der Waals surface area contributed by atoms with E-state index >= 15 is 0 Å². The minimum absolute atomic E-state index is 0.541. The Hall–Kier alpha value is -2.31. The van der Waals surface area contributed by atoms with Crippen LogP contribution < -0.4 is 5.32 Å². The molecule has 1 N–H and O–H groups in total. The molecule has 1 aliphatic heterocycles. The van der Waals surface area contributed by atoms with Gasteiger partial charge in [-0.05, 0) is 38.3 Å². The maximum atomic E-state index is 4.90. The van der Waals surface area contributed by atoms with E-state index in [1.807, 2.05) is 6.92 Å². The van der Waals surface area contributed by atoms with E-state index in [0.717, 1.165) is 56.6 Å². The zero-order valence-corrected chi connectivity index (χ0v) is 15.7. The van der Waals surface area contributed by atoms with Crippen molar-refractivity contribution in [2.24, 2.45) is 18.0 Å². The van der Waals surface area contributed by atoms with Crippen LogP contribution in [0.2, 0.25) is 0 Å². The van der Waals surface area contributed by atoms with Crippen LogP contribution in [0.4, 0.5) is 0 Å². The van der Waals surface area contributed by atoms with Gasteiger partial charge in [0.2, 0.25) is 0 Å². The Morgan fingerprint density at radius 2 is 2.28 bits per heavy atom. The Kier molecular flexibility index (Phi) is 5.40. The van der Waals surface area contributed by atoms with Crippen LogP contribution in [0.5, 0.6) is 0 Å². The van der Waals surface area contributed by atoms with Gasteiger partial charge in [0, 0.05) is 52.0 Å². The van der Waals surface area contributed by atoms with Crippen LogP contribution in [0, 0.1) is 12.8 Å². The normalized spacial score (nSPS) is 17.4. The van der Waals surface area contributed by atoms with E-state index in [0.29, 0.717) is 5.92 Å². The summed E-state index contributed by atoms with van der Waals surface area (Å²) < 4.78 is 4.39. The van der Waals surface area contributed by atoms with Crippen LogP contribution in [0.3, 0.4) is 0 Å². The van der Waals surface area contributed by atoms with Gasteiger partial charge < -0.3 is 19.4 Å². The number of nitrogens with zero attached hydrogens (tertiary/aromatic N) is 6. The lowest BCUT2D eigenvalue weighted by Crippen LogP contribution is -2.39. The molecule has 0 aromatic carbocycles. The summed E-state index contributed by atoms with van der Waals surface area (Å²) >= 11 is 0. The molecule has 0 amide bonds. The second kappa shape index (κ2) is 7.72. The zero-order chi connectivity index (χ0) is 17.8. The van der Waals surface area contributed by atoms with Gasteiger partial charge in [0.25, 0.3) is 0 Å². The fraction of sp³-hybridized carbons (Fsp3) is 0.611. The van der Waals surface area contributed by atoms with Gasteiger partial charge in [-0.3, -0.25) is 4.99 Å². The minimum Gasteiger partial charge on any atom is -0.357 e. The number of hydrogen-bond acceptors (Lipinski definition) is 3. The maximum absolute atomic E-state index is 4.90. The average Bonchev–Trinajstić information content (AvgIpc) is 3.17. The summed E-state index contributed by atoms with van der Waals surface area (Å²) in [7, 11) is 4.17. The molecule has 1 atom stereocenters. The lowest BCUT2D eigenvalue weighted by molar-refractivity contribution is 0.366. The van der Waals surface area contributed by atoms with Crippen LogP contribution in [0.25, 0.3) is 0 Å². The number of aromatic nitrogens is 4. The molecule has 0 radical (unpaired) electrons. The number of rotatable bonds is 5. The fourth-order valence-corrected chi connectivity index (χ4v) is 3.34. The largest absolute Gasteiger partial charge is 0.357 e. The van der Waals surface area contributed by atoms with Crippen LogP contribution in [0.1, 0.15) is 30.7 Å². The van der Waals surface area contributed by atoms with E-state index < -0.39 is 0 Å². The van der Waals surface area contributed by atoms with Crippen LogP contribution in [0.15, 0.2) is 23.3 Å². The molecule has 0 saturated heterocycles. The molecule has 7 nitrogen and oxygen atoms in total. The lowest BCUT2D eigenvalue weighted by atomic mass is 9.99. The van der Waals surface area contributed by atoms with Crippen molar-refractivity contribution >= 4 is 5.96 Å². The molecular weight excluding hydrogens is 314 g/mol. The Bertz CT molecular complexity index is 728. The molecule has 136 valence electrons. The van der Waals surface area contributed by atoms with Crippen molar-refractivity contribution < 1.29 is 0 Å². The Balaban J connectivity index is 1.64. The highest BCUT2D eigenvalue weighted by atomic mass is 15.3. The van der Waals surface area contributed by atoms with Crippen LogP contribution in [-0.4, -0.2) is 50.3 Å². The number of aliphatic imine (C=N–C) groups is 1. The topological polar surface area (TPSA) is 63.3 Å². The first kappa shape index (κ1) is 17.5. The second-order valence-electron chi connectivity index (χ2n) is 6.84. The van der Waals surface area contributed by atoms with Crippen molar-refractivity contribution in [2.75, 3.05) is 20.1 Å². The molecule has 0 aliphatic carbocycles. The predicted molar refractivity (Wildman–Crippen MR) is 99.4 cm³/mol. The van der Waals surface area contributed by atoms with Gasteiger partial charge in [-0.2, -0.15) is 0 Å². The summed E-state index contributed by atoms with van der Waals surface area (Å²) in [4.78, 5) is 7.09. The molecule has 3 heterocycles. The third kappa shape index (κ3) is 4.03. The summed E-state index contributed by atoms with van der Waals surface area (Å²) in [5.41, 5.74) is 1.27. The molecule has 0 bridgehead atoms. The highest BCUT2D eigenvalue weighted by Crippen LogP contribution is 2.20. The van der Waals surface area contributed by atoms with Gasteiger partial charge in [-0.25, -0.2) is 0 Å². The summed E-state index contributed by atoms with van der Waals surface area (Å²) in [5, 5.41) is 11.9. The first-order valence-electron chi connectivity index (χ1n) is 9.06. The quantitative estimate of drug-likeness (QED) is 0.661. The molecular formula is C18H29N7. The number of hydrogen-bond donors (Lipinski definition) is 1. The highest BCUT2D eigenvalue weighted by Gasteiger charge is 2.21. The van der Waals surface area contributed by atoms with Crippen molar-refractivity contribution in [1.82, 2.24) is 29.5 Å².